The van der Waals surface area contributed by atoms with Crippen molar-refractivity contribution < 1.29 is 20.1 Å². The van der Waals surface area contributed by atoms with Gasteiger partial charge in [-0.2, -0.15) is 0 Å². The van der Waals surface area contributed by atoms with E-state index in [1.807, 2.05) is 30.3 Å². The molecule has 0 aliphatic carbocycles. The highest BCUT2D eigenvalue weighted by molar-refractivity contribution is 6.00. The van der Waals surface area contributed by atoms with Gasteiger partial charge in [0.15, 0.2) is 5.78 Å². The molecule has 0 heterocycles. The Balaban J connectivity index is 2.52. The molecule has 0 amide bonds. The SMILES string of the molecule is CC(=O)c1c(O)cc(O)c(Cc2ccccc2)c1O. The van der Waals surface area contributed by atoms with Crippen LogP contribution in [0.4, 0.5) is 0 Å². The van der Waals surface area contributed by atoms with Gasteiger partial charge in [0.25, 0.3) is 0 Å². The lowest BCUT2D eigenvalue weighted by Crippen LogP contribution is -1.98. The molecule has 0 aliphatic rings. The minimum Gasteiger partial charge on any atom is -0.507 e. The molecule has 4 nitrogen and oxygen atoms in total. The van der Waals surface area contributed by atoms with Crippen LogP contribution in [0.2, 0.25) is 0 Å². The molecule has 0 fully saturated rings. The van der Waals surface area contributed by atoms with Crippen molar-refractivity contribution in [3.05, 3.63) is 53.1 Å². The summed E-state index contributed by atoms with van der Waals surface area (Å²) in [6.45, 7) is 1.25. The number of rotatable bonds is 3. The molecule has 2 aromatic carbocycles. The van der Waals surface area contributed by atoms with Crippen LogP contribution in [-0.4, -0.2) is 21.1 Å². The maximum atomic E-state index is 11.4. The summed E-state index contributed by atoms with van der Waals surface area (Å²) in [6, 6.07) is 10.3. The van der Waals surface area contributed by atoms with Crippen LogP contribution < -0.4 is 0 Å². The van der Waals surface area contributed by atoms with E-state index >= 15 is 0 Å². The lowest BCUT2D eigenvalue weighted by atomic mass is 9.98. The maximum absolute atomic E-state index is 11.4. The van der Waals surface area contributed by atoms with E-state index in [1.165, 1.54) is 6.92 Å². The van der Waals surface area contributed by atoms with Crippen molar-refractivity contribution >= 4 is 5.78 Å². The summed E-state index contributed by atoms with van der Waals surface area (Å²) < 4.78 is 0. The van der Waals surface area contributed by atoms with Crippen molar-refractivity contribution in [2.24, 2.45) is 0 Å². The quantitative estimate of drug-likeness (QED) is 0.739. The third-order valence-electron chi connectivity index (χ3n) is 2.94. The number of benzene rings is 2. The third-order valence-corrected chi connectivity index (χ3v) is 2.94. The average Bonchev–Trinajstić information content (AvgIpc) is 2.35. The van der Waals surface area contributed by atoms with Crippen molar-refractivity contribution in [2.45, 2.75) is 13.3 Å². The minimum atomic E-state index is -0.454. The highest BCUT2D eigenvalue weighted by Gasteiger charge is 2.20. The van der Waals surface area contributed by atoms with Gasteiger partial charge in [-0.3, -0.25) is 4.79 Å². The summed E-state index contributed by atoms with van der Waals surface area (Å²) >= 11 is 0. The summed E-state index contributed by atoms with van der Waals surface area (Å²) in [6.07, 6.45) is 0.277. The van der Waals surface area contributed by atoms with Crippen molar-refractivity contribution in [3.8, 4) is 17.2 Å². The van der Waals surface area contributed by atoms with E-state index in [0.717, 1.165) is 11.6 Å². The third kappa shape index (κ3) is 2.52. The Bertz CT molecular complexity index is 618. The van der Waals surface area contributed by atoms with E-state index < -0.39 is 11.5 Å². The number of phenols is 3. The van der Waals surface area contributed by atoms with Gasteiger partial charge in [-0.25, -0.2) is 0 Å². The molecule has 0 unspecified atom stereocenters. The van der Waals surface area contributed by atoms with Crippen LogP contribution in [0.3, 0.4) is 0 Å². The van der Waals surface area contributed by atoms with E-state index in [4.69, 9.17) is 0 Å². The second-order valence-electron chi connectivity index (χ2n) is 4.34. The summed E-state index contributed by atoms with van der Waals surface area (Å²) in [5.74, 6) is -1.47. The second kappa shape index (κ2) is 5.02. The molecule has 0 saturated heterocycles. The molecular formula is C15H14O4. The smallest absolute Gasteiger partial charge is 0.167 e. The van der Waals surface area contributed by atoms with E-state index in [2.05, 4.69) is 0 Å². The fraction of sp³-hybridized carbons (Fsp3) is 0.133. The number of hydrogen-bond acceptors (Lipinski definition) is 4. The van der Waals surface area contributed by atoms with Gasteiger partial charge in [0.05, 0.1) is 0 Å². The molecule has 0 bridgehead atoms. The fourth-order valence-corrected chi connectivity index (χ4v) is 2.00. The summed E-state index contributed by atoms with van der Waals surface area (Å²) in [4.78, 5) is 11.4. The lowest BCUT2D eigenvalue weighted by Gasteiger charge is -2.12. The predicted molar refractivity (Wildman–Crippen MR) is 70.7 cm³/mol. The molecule has 0 atom stereocenters. The first-order chi connectivity index (χ1) is 9.00. The molecule has 2 rings (SSSR count). The topological polar surface area (TPSA) is 77.8 Å². The van der Waals surface area contributed by atoms with E-state index in [1.54, 1.807) is 0 Å². The lowest BCUT2D eigenvalue weighted by molar-refractivity contribution is 0.101. The van der Waals surface area contributed by atoms with Crippen molar-refractivity contribution in [2.75, 3.05) is 0 Å². The van der Waals surface area contributed by atoms with Crippen LogP contribution >= 0.6 is 0 Å². The molecule has 4 heteroatoms. The van der Waals surface area contributed by atoms with E-state index in [-0.39, 0.29) is 29.0 Å². The van der Waals surface area contributed by atoms with Gasteiger partial charge in [0.1, 0.15) is 22.8 Å². The molecule has 98 valence electrons. The molecule has 3 N–H and O–H groups in total. The number of hydrogen-bond donors (Lipinski definition) is 3. The zero-order chi connectivity index (χ0) is 14.0. The number of carbonyl (C=O) groups is 1. The molecule has 0 aromatic heterocycles. The van der Waals surface area contributed by atoms with Gasteiger partial charge >= 0.3 is 0 Å². The Morgan fingerprint density at radius 1 is 1.05 bits per heavy atom. The molecule has 0 radical (unpaired) electrons. The van der Waals surface area contributed by atoms with Gasteiger partial charge in [-0.1, -0.05) is 30.3 Å². The molecular weight excluding hydrogens is 244 g/mol. The van der Waals surface area contributed by atoms with Crippen LogP contribution in [0.25, 0.3) is 0 Å². The highest BCUT2D eigenvalue weighted by atomic mass is 16.3. The molecule has 19 heavy (non-hydrogen) atoms. The Labute approximate surface area is 110 Å². The Morgan fingerprint density at radius 3 is 2.26 bits per heavy atom. The first kappa shape index (κ1) is 13.0. The summed E-state index contributed by atoms with van der Waals surface area (Å²) in [7, 11) is 0. The molecule has 2 aromatic rings. The Morgan fingerprint density at radius 2 is 1.68 bits per heavy atom. The second-order valence-corrected chi connectivity index (χ2v) is 4.34. The van der Waals surface area contributed by atoms with Gasteiger partial charge in [0, 0.05) is 18.1 Å². The first-order valence-corrected chi connectivity index (χ1v) is 5.82. The van der Waals surface area contributed by atoms with Crippen LogP contribution in [0.15, 0.2) is 36.4 Å². The van der Waals surface area contributed by atoms with Crippen LogP contribution in [0, 0.1) is 0 Å². The Hall–Kier alpha value is -2.49. The van der Waals surface area contributed by atoms with Gasteiger partial charge in [-0.05, 0) is 12.5 Å². The van der Waals surface area contributed by atoms with E-state index in [0.29, 0.717) is 0 Å². The summed E-state index contributed by atoms with van der Waals surface area (Å²) in [5.41, 5.74) is 0.950. The minimum absolute atomic E-state index is 0.163. The number of phenolic OH excluding ortho intramolecular Hbond substituents is 3. The number of aromatic hydroxyl groups is 3. The summed E-state index contributed by atoms with van der Waals surface area (Å²) in [5, 5.41) is 29.4. The fourth-order valence-electron chi connectivity index (χ4n) is 2.00. The Kier molecular flexibility index (Phi) is 3.42. The monoisotopic (exact) mass is 258 g/mol. The van der Waals surface area contributed by atoms with Gasteiger partial charge < -0.3 is 15.3 Å². The normalized spacial score (nSPS) is 10.4. The predicted octanol–water partition coefficient (Wildman–Crippen LogP) is 2.60. The first-order valence-electron chi connectivity index (χ1n) is 5.82. The highest BCUT2D eigenvalue weighted by Crippen LogP contribution is 2.38. The molecule has 0 spiro atoms. The number of Topliss-reactive ketones (excluding diaryl/α,β-unsaturated/α-hetero) is 1. The van der Waals surface area contributed by atoms with Crippen molar-refractivity contribution in [1.82, 2.24) is 0 Å². The standard InChI is InChI=1S/C15H14O4/c1-9(16)14-13(18)8-12(17)11(15(14)19)7-10-5-3-2-4-6-10/h2-6,8,17-19H,7H2,1H3. The van der Waals surface area contributed by atoms with Crippen molar-refractivity contribution in [1.29, 1.82) is 0 Å². The van der Waals surface area contributed by atoms with Crippen molar-refractivity contribution in [3.63, 3.8) is 0 Å². The zero-order valence-corrected chi connectivity index (χ0v) is 10.4. The largest absolute Gasteiger partial charge is 0.507 e. The van der Waals surface area contributed by atoms with Crippen LogP contribution in [0.5, 0.6) is 17.2 Å². The van der Waals surface area contributed by atoms with E-state index in [9.17, 15) is 20.1 Å². The van der Waals surface area contributed by atoms with Gasteiger partial charge in [-0.15, -0.1) is 0 Å². The van der Waals surface area contributed by atoms with Crippen LogP contribution in [-0.2, 0) is 6.42 Å². The maximum Gasteiger partial charge on any atom is 0.167 e. The molecule has 0 aliphatic heterocycles. The average molecular weight is 258 g/mol. The number of ketones is 1. The zero-order valence-electron chi connectivity index (χ0n) is 10.4. The van der Waals surface area contributed by atoms with Crippen LogP contribution in [0.1, 0.15) is 28.4 Å². The number of carbonyl (C=O) groups excluding carboxylic acids is 1. The molecule has 0 saturated carbocycles. The van der Waals surface area contributed by atoms with Gasteiger partial charge in [0.2, 0.25) is 0 Å².